The molecular weight excluding hydrogens is 224 g/mol. The Labute approximate surface area is 105 Å². The molecule has 0 N–H and O–H groups in total. The molecule has 0 aromatic heterocycles. The van der Waals surface area contributed by atoms with Gasteiger partial charge >= 0.3 is 0 Å². The standard InChI is InChI=1S/C15H10N2O/c1-2-6-13-11(5-1)12-8-14-10(4-3-7-16-14)9-18-15(12)17-13/h1-6,8-9H,7H2. The maximum atomic E-state index is 5.67. The Balaban J connectivity index is 1.91. The van der Waals surface area contributed by atoms with Gasteiger partial charge in [-0.3, -0.25) is 4.99 Å². The number of rotatable bonds is 0. The number of allylic oxidation sites excluding steroid dienone is 3. The normalized spacial score (nSPS) is 19.3. The highest BCUT2D eigenvalue weighted by atomic mass is 16.5. The fourth-order valence-electron chi connectivity index (χ4n) is 2.31. The second-order valence-corrected chi connectivity index (χ2v) is 4.31. The third-order valence-corrected chi connectivity index (χ3v) is 3.19. The number of benzene rings is 1. The fourth-order valence-corrected chi connectivity index (χ4v) is 2.31. The Hall–Kier alpha value is -2.42. The smallest absolute Gasteiger partial charge is 0.227 e. The highest BCUT2D eigenvalue weighted by Gasteiger charge is 2.25. The third kappa shape index (κ3) is 1.31. The van der Waals surface area contributed by atoms with Crippen molar-refractivity contribution < 1.29 is 4.74 Å². The van der Waals surface area contributed by atoms with Gasteiger partial charge in [0, 0.05) is 16.7 Å². The molecule has 18 heavy (non-hydrogen) atoms. The van der Waals surface area contributed by atoms with Crippen molar-refractivity contribution in [2.45, 2.75) is 0 Å². The Morgan fingerprint density at radius 3 is 3.11 bits per heavy atom. The summed E-state index contributed by atoms with van der Waals surface area (Å²) in [5.74, 6) is 0.661. The van der Waals surface area contributed by atoms with E-state index in [2.05, 4.69) is 22.1 Å². The first kappa shape index (κ1) is 9.59. The molecule has 1 aromatic carbocycles. The van der Waals surface area contributed by atoms with Crippen molar-refractivity contribution in [2.75, 3.05) is 6.54 Å². The van der Waals surface area contributed by atoms with E-state index in [0.29, 0.717) is 5.90 Å². The van der Waals surface area contributed by atoms with E-state index in [4.69, 9.17) is 4.74 Å². The molecule has 3 nitrogen and oxygen atoms in total. The van der Waals surface area contributed by atoms with Gasteiger partial charge in [-0.15, -0.1) is 0 Å². The monoisotopic (exact) mass is 234 g/mol. The number of nitrogens with zero attached hydrogens (tertiary/aromatic N) is 2. The first-order valence-corrected chi connectivity index (χ1v) is 5.90. The fraction of sp³-hybridized carbons (Fsp3) is 0.0667. The minimum absolute atomic E-state index is 0.661. The van der Waals surface area contributed by atoms with Crippen LogP contribution in [0.5, 0.6) is 0 Å². The molecular formula is C15H10N2O. The van der Waals surface area contributed by atoms with Gasteiger partial charge in [0.05, 0.1) is 17.9 Å². The predicted molar refractivity (Wildman–Crippen MR) is 72.1 cm³/mol. The Kier molecular flexibility index (Phi) is 1.88. The molecule has 3 aliphatic heterocycles. The van der Waals surface area contributed by atoms with Crippen molar-refractivity contribution >= 4 is 22.9 Å². The average Bonchev–Trinajstić information content (AvgIpc) is 2.65. The Bertz CT molecular complexity index is 690. The van der Waals surface area contributed by atoms with Crippen LogP contribution in [-0.4, -0.2) is 18.2 Å². The molecule has 0 aliphatic carbocycles. The van der Waals surface area contributed by atoms with Crippen LogP contribution >= 0.6 is 0 Å². The highest BCUT2D eigenvalue weighted by molar-refractivity contribution is 6.32. The van der Waals surface area contributed by atoms with Crippen LogP contribution in [0.3, 0.4) is 0 Å². The maximum Gasteiger partial charge on any atom is 0.227 e. The minimum atomic E-state index is 0.661. The first-order valence-electron chi connectivity index (χ1n) is 5.90. The number of ether oxygens (including phenoxy) is 1. The molecule has 4 rings (SSSR count). The van der Waals surface area contributed by atoms with Gasteiger partial charge in [0.1, 0.15) is 6.26 Å². The van der Waals surface area contributed by atoms with Crippen LogP contribution in [0.4, 0.5) is 5.69 Å². The molecule has 0 bridgehead atoms. The largest absolute Gasteiger partial charge is 0.445 e. The van der Waals surface area contributed by atoms with Gasteiger partial charge in [-0.05, 0) is 12.1 Å². The lowest BCUT2D eigenvalue weighted by molar-refractivity contribution is 0.479. The van der Waals surface area contributed by atoms with E-state index in [1.54, 1.807) is 6.26 Å². The Morgan fingerprint density at radius 1 is 1.17 bits per heavy atom. The molecule has 0 spiro atoms. The van der Waals surface area contributed by atoms with Crippen LogP contribution in [0.25, 0.3) is 5.57 Å². The van der Waals surface area contributed by atoms with E-state index < -0.39 is 0 Å². The predicted octanol–water partition coefficient (Wildman–Crippen LogP) is 3.04. The number of para-hydroxylation sites is 1. The van der Waals surface area contributed by atoms with E-state index in [1.165, 1.54) is 0 Å². The zero-order chi connectivity index (χ0) is 11.9. The van der Waals surface area contributed by atoms with Gasteiger partial charge in [0.15, 0.2) is 0 Å². The summed E-state index contributed by atoms with van der Waals surface area (Å²) in [6, 6.07) is 8.05. The van der Waals surface area contributed by atoms with Crippen LogP contribution in [-0.2, 0) is 4.74 Å². The second-order valence-electron chi connectivity index (χ2n) is 4.31. The zero-order valence-electron chi connectivity index (χ0n) is 9.63. The van der Waals surface area contributed by atoms with Crippen molar-refractivity contribution in [1.29, 1.82) is 0 Å². The lowest BCUT2D eigenvalue weighted by Crippen LogP contribution is -2.02. The van der Waals surface area contributed by atoms with Crippen LogP contribution in [0, 0.1) is 0 Å². The zero-order valence-corrected chi connectivity index (χ0v) is 9.63. The summed E-state index contributed by atoms with van der Waals surface area (Å²) in [5, 5.41) is 0. The molecule has 3 heteroatoms. The van der Waals surface area contributed by atoms with Gasteiger partial charge in [0.2, 0.25) is 5.90 Å². The third-order valence-electron chi connectivity index (χ3n) is 3.19. The second kappa shape index (κ2) is 3.53. The SMILES string of the molecule is C1=CC2=COC3=Nc4ccccc4C3=CC2=NC1. The van der Waals surface area contributed by atoms with E-state index in [0.717, 1.165) is 34.7 Å². The summed E-state index contributed by atoms with van der Waals surface area (Å²) in [6.45, 7) is 0.727. The van der Waals surface area contributed by atoms with Gasteiger partial charge in [0.25, 0.3) is 0 Å². The minimum Gasteiger partial charge on any atom is -0.445 e. The van der Waals surface area contributed by atoms with Crippen molar-refractivity contribution in [2.24, 2.45) is 9.98 Å². The molecule has 86 valence electrons. The van der Waals surface area contributed by atoms with Crippen LogP contribution < -0.4 is 0 Å². The number of hydrogen-bond acceptors (Lipinski definition) is 3. The lowest BCUT2D eigenvalue weighted by Gasteiger charge is -2.05. The van der Waals surface area contributed by atoms with E-state index in [-0.39, 0.29) is 0 Å². The molecule has 0 radical (unpaired) electrons. The van der Waals surface area contributed by atoms with E-state index in [9.17, 15) is 0 Å². The lowest BCUT2D eigenvalue weighted by atomic mass is 10.0. The first-order chi connectivity index (χ1) is 8.92. The molecule has 1 aromatic rings. The van der Waals surface area contributed by atoms with Crippen molar-refractivity contribution in [3.63, 3.8) is 0 Å². The van der Waals surface area contributed by atoms with Gasteiger partial charge in [-0.1, -0.05) is 30.4 Å². The molecule has 0 atom stereocenters. The molecule has 3 aliphatic rings. The number of fused-ring (bicyclic) bond motifs is 4. The molecule has 0 amide bonds. The molecule has 0 saturated carbocycles. The molecule has 0 saturated heterocycles. The van der Waals surface area contributed by atoms with Crippen LogP contribution in [0.15, 0.2) is 64.3 Å². The highest BCUT2D eigenvalue weighted by Crippen LogP contribution is 2.36. The van der Waals surface area contributed by atoms with Gasteiger partial charge in [-0.2, -0.15) is 0 Å². The Morgan fingerprint density at radius 2 is 2.11 bits per heavy atom. The summed E-state index contributed by atoms with van der Waals surface area (Å²) < 4.78 is 5.67. The van der Waals surface area contributed by atoms with Crippen LogP contribution in [0.1, 0.15) is 5.56 Å². The molecule has 0 fully saturated rings. The summed E-state index contributed by atoms with van der Waals surface area (Å²) in [5.41, 5.74) is 5.06. The summed E-state index contributed by atoms with van der Waals surface area (Å²) in [7, 11) is 0. The molecule has 0 unspecified atom stereocenters. The van der Waals surface area contributed by atoms with E-state index >= 15 is 0 Å². The van der Waals surface area contributed by atoms with E-state index in [1.807, 2.05) is 30.4 Å². The number of aliphatic imine (C=N–C) groups is 2. The number of dihydropyridines is 1. The van der Waals surface area contributed by atoms with Gasteiger partial charge < -0.3 is 4.74 Å². The van der Waals surface area contributed by atoms with Crippen molar-refractivity contribution in [3.8, 4) is 0 Å². The van der Waals surface area contributed by atoms with Crippen molar-refractivity contribution in [1.82, 2.24) is 0 Å². The summed E-state index contributed by atoms with van der Waals surface area (Å²) >= 11 is 0. The van der Waals surface area contributed by atoms with Gasteiger partial charge in [-0.25, -0.2) is 4.99 Å². The van der Waals surface area contributed by atoms with Crippen LogP contribution in [0.2, 0.25) is 0 Å². The summed E-state index contributed by atoms with van der Waals surface area (Å²) in [4.78, 5) is 8.99. The summed E-state index contributed by atoms with van der Waals surface area (Å²) in [6.07, 6.45) is 7.84. The molecule has 3 heterocycles. The maximum absolute atomic E-state index is 5.67. The average molecular weight is 234 g/mol. The quantitative estimate of drug-likeness (QED) is 0.679. The number of hydrogen-bond donors (Lipinski definition) is 0. The topological polar surface area (TPSA) is 34.0 Å². The van der Waals surface area contributed by atoms with Crippen molar-refractivity contribution in [3.05, 3.63) is 59.9 Å².